The molecular formula is C18H19F3N4O. The van der Waals surface area contributed by atoms with Gasteiger partial charge < -0.3 is 10.6 Å². The Balaban J connectivity index is 1.87. The second-order valence-corrected chi connectivity index (χ2v) is 6.47. The third-order valence-electron chi connectivity index (χ3n) is 4.66. The first-order chi connectivity index (χ1) is 12.3. The molecule has 2 aromatic heterocycles. The van der Waals surface area contributed by atoms with Crippen molar-refractivity contribution >= 4 is 11.7 Å². The van der Waals surface area contributed by atoms with Crippen LogP contribution in [0.25, 0.3) is 0 Å². The lowest BCUT2D eigenvalue weighted by molar-refractivity contribution is -0.137. The summed E-state index contributed by atoms with van der Waals surface area (Å²) in [4.78, 5) is 21.8. The van der Waals surface area contributed by atoms with Crippen LogP contribution in [0, 0.1) is 6.92 Å². The summed E-state index contributed by atoms with van der Waals surface area (Å²) in [5, 5.41) is 0. The van der Waals surface area contributed by atoms with E-state index in [1.165, 1.54) is 6.20 Å². The van der Waals surface area contributed by atoms with E-state index in [9.17, 15) is 18.0 Å². The van der Waals surface area contributed by atoms with Crippen LogP contribution in [-0.2, 0) is 6.18 Å². The highest BCUT2D eigenvalue weighted by Crippen LogP contribution is 2.34. The van der Waals surface area contributed by atoms with E-state index >= 15 is 0 Å². The molecule has 0 radical (unpaired) electrons. The maximum Gasteiger partial charge on any atom is 0.417 e. The first-order valence-corrected chi connectivity index (χ1v) is 8.30. The molecule has 3 rings (SSSR count). The normalized spacial score (nSPS) is 18.0. The van der Waals surface area contributed by atoms with Gasteiger partial charge in [-0.3, -0.25) is 9.78 Å². The summed E-state index contributed by atoms with van der Waals surface area (Å²) in [5.74, 6) is 0.0408. The molecule has 0 bridgehead atoms. The molecule has 1 atom stereocenters. The van der Waals surface area contributed by atoms with Crippen LogP contribution >= 0.6 is 0 Å². The number of nitrogens with zero attached hydrogens (tertiary/aromatic N) is 3. The molecule has 5 nitrogen and oxygen atoms in total. The number of anilines is 1. The Bertz CT molecular complexity index is 822. The van der Waals surface area contributed by atoms with Crippen LogP contribution in [0.1, 0.15) is 45.8 Å². The summed E-state index contributed by atoms with van der Waals surface area (Å²) in [5.41, 5.74) is 6.38. The first kappa shape index (κ1) is 18.2. The zero-order valence-electron chi connectivity index (χ0n) is 14.3. The molecule has 0 aromatic carbocycles. The van der Waals surface area contributed by atoms with E-state index in [2.05, 4.69) is 9.97 Å². The molecule has 0 saturated carbocycles. The molecule has 1 saturated heterocycles. The fourth-order valence-corrected chi connectivity index (χ4v) is 3.43. The lowest BCUT2D eigenvalue weighted by Crippen LogP contribution is -2.36. The van der Waals surface area contributed by atoms with Crippen molar-refractivity contribution in [2.45, 2.75) is 31.9 Å². The van der Waals surface area contributed by atoms with E-state index in [1.807, 2.05) is 4.90 Å². The second kappa shape index (κ2) is 6.93. The monoisotopic (exact) mass is 364 g/mol. The number of hydrogen-bond donors (Lipinski definition) is 1. The topological polar surface area (TPSA) is 72.1 Å². The molecule has 138 valence electrons. The Kier molecular flexibility index (Phi) is 4.84. The van der Waals surface area contributed by atoms with Gasteiger partial charge in [-0.25, -0.2) is 4.98 Å². The number of halogens is 3. The van der Waals surface area contributed by atoms with Crippen LogP contribution in [0.4, 0.5) is 19.0 Å². The number of nitrogens with two attached hydrogens (primary N) is 1. The molecule has 8 heteroatoms. The van der Waals surface area contributed by atoms with E-state index in [0.717, 1.165) is 30.7 Å². The zero-order chi connectivity index (χ0) is 18.9. The number of rotatable bonds is 3. The zero-order valence-corrected chi connectivity index (χ0v) is 14.3. The van der Waals surface area contributed by atoms with Crippen molar-refractivity contribution in [1.29, 1.82) is 0 Å². The van der Waals surface area contributed by atoms with Crippen molar-refractivity contribution in [1.82, 2.24) is 9.97 Å². The van der Waals surface area contributed by atoms with Crippen molar-refractivity contribution in [3.05, 3.63) is 53.0 Å². The van der Waals surface area contributed by atoms with Crippen LogP contribution in [0.3, 0.4) is 0 Å². The molecule has 3 heterocycles. The van der Waals surface area contributed by atoms with E-state index < -0.39 is 17.6 Å². The molecule has 1 amide bonds. The van der Waals surface area contributed by atoms with Gasteiger partial charge >= 0.3 is 6.18 Å². The second-order valence-electron chi connectivity index (χ2n) is 6.47. The van der Waals surface area contributed by atoms with Gasteiger partial charge in [-0.1, -0.05) is 0 Å². The fourth-order valence-electron chi connectivity index (χ4n) is 3.43. The quantitative estimate of drug-likeness (QED) is 0.907. The van der Waals surface area contributed by atoms with Crippen LogP contribution in [0.2, 0.25) is 0 Å². The van der Waals surface area contributed by atoms with E-state index in [-0.39, 0.29) is 5.92 Å². The van der Waals surface area contributed by atoms with Crippen molar-refractivity contribution in [3.63, 3.8) is 0 Å². The number of primary amides is 1. The van der Waals surface area contributed by atoms with Gasteiger partial charge in [0.05, 0.1) is 5.56 Å². The van der Waals surface area contributed by atoms with Gasteiger partial charge in [-0.15, -0.1) is 0 Å². The summed E-state index contributed by atoms with van der Waals surface area (Å²) in [6.45, 7) is 2.87. The van der Waals surface area contributed by atoms with Crippen LogP contribution in [0.5, 0.6) is 0 Å². The molecule has 26 heavy (non-hydrogen) atoms. The number of piperidine rings is 1. The summed E-state index contributed by atoms with van der Waals surface area (Å²) in [7, 11) is 0. The summed E-state index contributed by atoms with van der Waals surface area (Å²) in [6.07, 6.45) is 1.30. The van der Waals surface area contributed by atoms with Crippen LogP contribution < -0.4 is 10.6 Å². The maximum absolute atomic E-state index is 12.8. The maximum atomic E-state index is 12.8. The number of alkyl halides is 3. The molecule has 2 aromatic rings. The molecule has 1 unspecified atom stereocenters. The molecule has 0 aliphatic carbocycles. The third kappa shape index (κ3) is 3.63. The van der Waals surface area contributed by atoms with Gasteiger partial charge in [0.2, 0.25) is 5.91 Å². The molecule has 1 fully saturated rings. The van der Waals surface area contributed by atoms with Crippen molar-refractivity contribution in [2.24, 2.45) is 5.73 Å². The van der Waals surface area contributed by atoms with Crippen molar-refractivity contribution in [3.8, 4) is 0 Å². The van der Waals surface area contributed by atoms with Crippen LogP contribution in [-0.4, -0.2) is 29.0 Å². The minimum Gasteiger partial charge on any atom is -0.366 e. The number of carbonyl (C=O) groups is 1. The highest BCUT2D eigenvalue weighted by atomic mass is 19.4. The van der Waals surface area contributed by atoms with Gasteiger partial charge in [0.25, 0.3) is 0 Å². The summed E-state index contributed by atoms with van der Waals surface area (Å²) < 4.78 is 38.5. The Morgan fingerprint density at radius 2 is 2.12 bits per heavy atom. The summed E-state index contributed by atoms with van der Waals surface area (Å²) >= 11 is 0. The number of aryl methyl sites for hydroxylation is 1. The lowest BCUT2D eigenvalue weighted by atomic mass is 9.88. The highest BCUT2D eigenvalue weighted by molar-refractivity contribution is 5.94. The molecule has 1 aliphatic heterocycles. The number of carbonyl (C=O) groups excluding carboxylic acids is 1. The number of hydrogen-bond acceptors (Lipinski definition) is 4. The Hall–Kier alpha value is -2.64. The SMILES string of the molecule is Cc1cc(C(F)(F)F)cnc1N1CCCC(c2cnccc2C(N)=O)C1. The van der Waals surface area contributed by atoms with E-state index in [1.54, 1.807) is 19.2 Å². The highest BCUT2D eigenvalue weighted by Gasteiger charge is 2.32. The Morgan fingerprint density at radius 3 is 2.77 bits per heavy atom. The average molecular weight is 364 g/mol. The average Bonchev–Trinajstić information content (AvgIpc) is 2.61. The molecule has 0 spiro atoms. The minimum atomic E-state index is -4.41. The van der Waals surface area contributed by atoms with Gasteiger partial charge in [0.1, 0.15) is 5.82 Å². The van der Waals surface area contributed by atoms with Crippen molar-refractivity contribution < 1.29 is 18.0 Å². The summed E-state index contributed by atoms with van der Waals surface area (Å²) in [6, 6.07) is 2.71. The molecular weight excluding hydrogens is 345 g/mol. The lowest BCUT2D eigenvalue weighted by Gasteiger charge is -2.35. The van der Waals surface area contributed by atoms with E-state index in [4.69, 9.17) is 5.73 Å². The minimum absolute atomic E-state index is 0.0171. The predicted molar refractivity (Wildman–Crippen MR) is 90.9 cm³/mol. The molecule has 1 aliphatic rings. The Labute approximate surface area is 149 Å². The van der Waals surface area contributed by atoms with Gasteiger partial charge in [-0.05, 0) is 43.0 Å². The Morgan fingerprint density at radius 1 is 1.35 bits per heavy atom. The third-order valence-corrected chi connectivity index (χ3v) is 4.66. The van der Waals surface area contributed by atoms with Gasteiger partial charge in [-0.2, -0.15) is 13.2 Å². The first-order valence-electron chi connectivity index (χ1n) is 8.30. The smallest absolute Gasteiger partial charge is 0.366 e. The fraction of sp³-hybridized carbons (Fsp3) is 0.389. The van der Waals surface area contributed by atoms with Gasteiger partial charge in [0, 0.05) is 43.2 Å². The number of pyridine rings is 2. The standard InChI is InChI=1S/C18H19F3N4O/c1-11-7-13(18(19,20)21)8-24-17(11)25-6-2-3-12(10-25)15-9-23-5-4-14(15)16(22)26/h4-5,7-9,12H,2-3,6,10H2,1H3,(H2,22,26). The van der Waals surface area contributed by atoms with E-state index in [0.29, 0.717) is 30.0 Å². The van der Waals surface area contributed by atoms with Gasteiger partial charge in [0.15, 0.2) is 0 Å². The largest absolute Gasteiger partial charge is 0.417 e. The van der Waals surface area contributed by atoms with Crippen molar-refractivity contribution in [2.75, 3.05) is 18.0 Å². The number of amides is 1. The van der Waals surface area contributed by atoms with Crippen LogP contribution in [0.15, 0.2) is 30.7 Å². The molecule has 2 N–H and O–H groups in total. The predicted octanol–water partition coefficient (Wildman–Crippen LogP) is 3.29. The number of aromatic nitrogens is 2.